The van der Waals surface area contributed by atoms with Crippen LogP contribution in [0, 0.1) is 0 Å². The van der Waals surface area contributed by atoms with Gasteiger partial charge in [0.2, 0.25) is 5.91 Å². The average molecular weight is 278 g/mol. The van der Waals surface area contributed by atoms with E-state index >= 15 is 0 Å². The highest BCUT2D eigenvalue weighted by molar-refractivity contribution is 5.94. The molecule has 1 aromatic rings. The predicted octanol–water partition coefficient (Wildman–Crippen LogP) is 1.61. The van der Waals surface area contributed by atoms with Crippen molar-refractivity contribution < 1.29 is 14.0 Å². The summed E-state index contributed by atoms with van der Waals surface area (Å²) in [5.41, 5.74) is -0.436. The van der Waals surface area contributed by atoms with Crippen LogP contribution >= 0.6 is 0 Å². The summed E-state index contributed by atoms with van der Waals surface area (Å²) in [5, 5.41) is 2.79. The molecular weight excluding hydrogens is 259 g/mol. The summed E-state index contributed by atoms with van der Waals surface area (Å²) in [7, 11) is 0. The van der Waals surface area contributed by atoms with E-state index in [2.05, 4.69) is 5.32 Å². The fourth-order valence-electron chi connectivity index (χ4n) is 2.63. The average Bonchev–Trinajstić information content (AvgIpc) is 2.51. The fourth-order valence-corrected chi connectivity index (χ4v) is 2.63. The van der Waals surface area contributed by atoms with E-state index in [1.807, 2.05) is 18.2 Å². The van der Waals surface area contributed by atoms with E-state index in [1.165, 1.54) is 4.90 Å². The molecule has 0 aliphatic carbocycles. The second-order valence-corrected chi connectivity index (χ2v) is 5.28. The van der Waals surface area contributed by atoms with Crippen molar-refractivity contribution in [2.75, 3.05) is 13.2 Å². The molecule has 0 radical (unpaired) electrons. The van der Waals surface area contributed by atoms with Crippen LogP contribution in [-0.4, -0.2) is 36.0 Å². The van der Waals surface area contributed by atoms with Gasteiger partial charge in [-0.25, -0.2) is 4.39 Å². The largest absolute Gasteiger partial charge is 0.338 e. The molecule has 0 spiro atoms. The number of carbonyl (C=O) groups is 2. The third-order valence-corrected chi connectivity index (χ3v) is 3.77. The van der Waals surface area contributed by atoms with Crippen molar-refractivity contribution >= 4 is 11.8 Å². The molecule has 2 atom stereocenters. The van der Waals surface area contributed by atoms with Crippen LogP contribution in [0.2, 0.25) is 0 Å². The van der Waals surface area contributed by atoms with Gasteiger partial charge in [-0.3, -0.25) is 9.59 Å². The van der Waals surface area contributed by atoms with Gasteiger partial charge in [0.1, 0.15) is 12.2 Å². The topological polar surface area (TPSA) is 49.4 Å². The summed E-state index contributed by atoms with van der Waals surface area (Å²) in [4.78, 5) is 26.2. The molecule has 1 saturated heterocycles. The predicted molar refractivity (Wildman–Crippen MR) is 73.7 cm³/mol. The zero-order chi connectivity index (χ0) is 14.8. The monoisotopic (exact) mass is 278 g/mol. The van der Waals surface area contributed by atoms with Gasteiger partial charge in [-0.05, 0) is 19.4 Å². The van der Waals surface area contributed by atoms with Gasteiger partial charge in [-0.15, -0.1) is 0 Å². The minimum absolute atomic E-state index is 0.0113. The first kappa shape index (κ1) is 14.5. The Bertz CT molecular complexity index is 506. The maximum absolute atomic E-state index is 12.8. The number of carbonyl (C=O) groups excluding carboxylic acids is 2. The highest BCUT2D eigenvalue weighted by Gasteiger charge is 2.43. The molecule has 1 aliphatic heterocycles. The number of rotatable bonds is 3. The molecule has 1 N–H and O–H groups in total. The molecule has 0 bridgehead atoms. The molecule has 5 heteroatoms. The third kappa shape index (κ3) is 2.53. The molecule has 0 aromatic heterocycles. The van der Waals surface area contributed by atoms with Gasteiger partial charge in [-0.2, -0.15) is 0 Å². The lowest BCUT2D eigenvalue weighted by atomic mass is 9.90. The van der Waals surface area contributed by atoms with E-state index in [9.17, 15) is 14.0 Å². The Morgan fingerprint density at radius 2 is 2.00 bits per heavy atom. The number of halogens is 1. The van der Waals surface area contributed by atoms with Crippen LogP contribution < -0.4 is 5.32 Å². The van der Waals surface area contributed by atoms with Crippen LogP contribution in [0.4, 0.5) is 4.39 Å². The molecule has 1 aromatic carbocycles. The first-order chi connectivity index (χ1) is 9.49. The zero-order valence-corrected chi connectivity index (χ0v) is 11.7. The SMILES string of the molecule is CC1CC(=O)NC(C)(c2ccccc2)C(=O)N1CCF. The van der Waals surface area contributed by atoms with Crippen LogP contribution in [0.5, 0.6) is 0 Å². The van der Waals surface area contributed by atoms with E-state index in [0.29, 0.717) is 5.56 Å². The highest BCUT2D eigenvalue weighted by atomic mass is 19.1. The van der Waals surface area contributed by atoms with Crippen LogP contribution in [-0.2, 0) is 15.1 Å². The van der Waals surface area contributed by atoms with Crippen molar-refractivity contribution in [2.24, 2.45) is 0 Å². The number of hydrogen-bond acceptors (Lipinski definition) is 2. The van der Waals surface area contributed by atoms with E-state index in [-0.39, 0.29) is 30.8 Å². The number of hydrogen-bond donors (Lipinski definition) is 1. The molecular formula is C15H19FN2O2. The third-order valence-electron chi connectivity index (χ3n) is 3.77. The van der Waals surface area contributed by atoms with Crippen LogP contribution in [0.1, 0.15) is 25.8 Å². The Morgan fingerprint density at radius 1 is 1.35 bits per heavy atom. The number of alkyl halides is 1. The lowest BCUT2D eigenvalue weighted by Gasteiger charge is -2.34. The van der Waals surface area contributed by atoms with Crippen LogP contribution in [0.15, 0.2) is 30.3 Å². The maximum Gasteiger partial charge on any atom is 0.253 e. The molecule has 1 aliphatic rings. The molecule has 2 unspecified atom stereocenters. The fraction of sp³-hybridized carbons (Fsp3) is 0.467. The zero-order valence-electron chi connectivity index (χ0n) is 11.7. The maximum atomic E-state index is 12.8. The van der Waals surface area contributed by atoms with Crippen molar-refractivity contribution in [3.63, 3.8) is 0 Å². The summed E-state index contributed by atoms with van der Waals surface area (Å²) in [5.74, 6) is -0.460. The van der Waals surface area contributed by atoms with E-state index in [0.717, 1.165) is 0 Å². The summed E-state index contributed by atoms with van der Waals surface area (Å²) in [6, 6.07) is 8.76. The quantitative estimate of drug-likeness (QED) is 0.913. The Labute approximate surface area is 118 Å². The smallest absolute Gasteiger partial charge is 0.253 e. The van der Waals surface area contributed by atoms with Gasteiger partial charge in [0, 0.05) is 19.0 Å². The van der Waals surface area contributed by atoms with Crippen LogP contribution in [0.3, 0.4) is 0 Å². The van der Waals surface area contributed by atoms with Crippen LogP contribution in [0.25, 0.3) is 0 Å². The van der Waals surface area contributed by atoms with Gasteiger partial charge < -0.3 is 10.2 Å². The molecule has 108 valence electrons. The molecule has 1 heterocycles. The summed E-state index contributed by atoms with van der Waals surface area (Å²) in [6.07, 6.45) is 0.189. The summed E-state index contributed by atoms with van der Waals surface area (Å²) < 4.78 is 12.7. The Balaban J connectivity index is 2.44. The molecule has 0 saturated carbocycles. The van der Waals surface area contributed by atoms with Crippen molar-refractivity contribution in [1.82, 2.24) is 10.2 Å². The normalized spacial score (nSPS) is 27.1. The van der Waals surface area contributed by atoms with Gasteiger partial charge in [0.25, 0.3) is 5.91 Å². The Kier molecular flexibility index (Phi) is 4.06. The number of benzene rings is 1. The minimum Gasteiger partial charge on any atom is -0.338 e. The second-order valence-electron chi connectivity index (χ2n) is 5.28. The summed E-state index contributed by atoms with van der Waals surface area (Å²) in [6.45, 7) is 2.84. The second kappa shape index (κ2) is 5.61. The van der Waals surface area contributed by atoms with Gasteiger partial charge >= 0.3 is 0 Å². The van der Waals surface area contributed by atoms with Gasteiger partial charge in [0.15, 0.2) is 0 Å². The molecule has 4 nitrogen and oxygen atoms in total. The summed E-state index contributed by atoms with van der Waals surface area (Å²) >= 11 is 0. The van der Waals surface area contributed by atoms with Crippen molar-refractivity contribution in [3.05, 3.63) is 35.9 Å². The Hall–Kier alpha value is -1.91. The van der Waals surface area contributed by atoms with Gasteiger partial charge in [0.05, 0.1) is 0 Å². The number of nitrogens with zero attached hydrogens (tertiary/aromatic N) is 1. The first-order valence-electron chi connectivity index (χ1n) is 6.72. The Morgan fingerprint density at radius 3 is 2.60 bits per heavy atom. The molecule has 1 fully saturated rings. The lowest BCUT2D eigenvalue weighted by molar-refractivity contribution is -0.140. The molecule has 2 rings (SSSR count). The van der Waals surface area contributed by atoms with Gasteiger partial charge in [-0.1, -0.05) is 30.3 Å². The van der Waals surface area contributed by atoms with E-state index in [4.69, 9.17) is 0 Å². The molecule has 20 heavy (non-hydrogen) atoms. The number of amides is 2. The first-order valence-corrected chi connectivity index (χ1v) is 6.72. The van der Waals surface area contributed by atoms with Crippen molar-refractivity contribution in [3.8, 4) is 0 Å². The molecule has 2 amide bonds. The lowest BCUT2D eigenvalue weighted by Crippen LogP contribution is -2.53. The minimum atomic E-state index is -1.14. The van der Waals surface area contributed by atoms with E-state index < -0.39 is 12.2 Å². The standard InChI is InChI=1S/C15H19FN2O2/c1-11-10-13(19)17-15(2,12-6-4-3-5-7-12)14(20)18(11)9-8-16/h3-7,11H,8-10H2,1-2H3,(H,17,19). The number of nitrogens with one attached hydrogen (secondary N) is 1. The van der Waals surface area contributed by atoms with E-state index in [1.54, 1.807) is 26.0 Å². The van der Waals surface area contributed by atoms with Crippen molar-refractivity contribution in [1.29, 1.82) is 0 Å². The van der Waals surface area contributed by atoms with Crippen molar-refractivity contribution in [2.45, 2.75) is 31.8 Å². The highest BCUT2D eigenvalue weighted by Crippen LogP contribution is 2.27.